The number of fused-ring (bicyclic) bond motifs is 8. The molecule has 0 amide bonds. The summed E-state index contributed by atoms with van der Waals surface area (Å²) in [5.74, 6) is 0.399. The van der Waals surface area contributed by atoms with Gasteiger partial charge < -0.3 is 4.90 Å². The summed E-state index contributed by atoms with van der Waals surface area (Å²) in [5.41, 5.74) is 24.0. The third-order valence-corrected chi connectivity index (χ3v) is 13.7. The molecule has 8 aromatic carbocycles. The zero-order valence-corrected chi connectivity index (χ0v) is 34.8. The van der Waals surface area contributed by atoms with Crippen LogP contribution < -0.4 is 4.90 Å². The molecule has 0 aliphatic heterocycles. The molecule has 2 heteroatoms. The molecule has 2 nitrogen and oxygen atoms in total. The summed E-state index contributed by atoms with van der Waals surface area (Å²) in [4.78, 5) is 7.02. The zero-order valence-electron chi connectivity index (χ0n) is 34.8. The van der Waals surface area contributed by atoms with E-state index in [9.17, 15) is 0 Å². The van der Waals surface area contributed by atoms with Crippen molar-refractivity contribution >= 4 is 23.1 Å². The Morgan fingerprint density at radius 2 is 1.08 bits per heavy atom. The number of rotatable bonds is 7. The minimum Gasteiger partial charge on any atom is -0.310 e. The van der Waals surface area contributed by atoms with Gasteiger partial charge in [0.15, 0.2) is 0 Å². The first-order chi connectivity index (χ1) is 30.5. The highest BCUT2D eigenvalue weighted by Gasteiger charge is 2.37. The number of hydrogen-bond acceptors (Lipinski definition) is 2. The number of aromatic nitrogens is 1. The van der Waals surface area contributed by atoms with Crippen LogP contribution in [0.5, 0.6) is 0 Å². The third kappa shape index (κ3) is 5.75. The third-order valence-electron chi connectivity index (χ3n) is 13.7. The lowest BCUT2D eigenvalue weighted by atomic mass is 9.81. The van der Waals surface area contributed by atoms with Gasteiger partial charge in [0.2, 0.25) is 0 Å². The predicted molar refractivity (Wildman–Crippen MR) is 257 cm³/mol. The summed E-state index contributed by atoms with van der Waals surface area (Å²) in [6.07, 6.45) is 6.57. The molecule has 0 radical (unpaired) electrons. The van der Waals surface area contributed by atoms with Crippen LogP contribution in [0, 0.1) is 0 Å². The molecule has 12 rings (SSSR count). The second kappa shape index (κ2) is 14.3. The average molecular weight is 793 g/mol. The lowest BCUT2D eigenvalue weighted by Crippen LogP contribution is -2.16. The number of nitrogens with zero attached hydrogens (tertiary/aromatic N) is 2. The van der Waals surface area contributed by atoms with Gasteiger partial charge in [-0.05, 0) is 132 Å². The van der Waals surface area contributed by atoms with Gasteiger partial charge in [-0.15, -0.1) is 0 Å². The van der Waals surface area contributed by atoms with E-state index in [-0.39, 0.29) is 17.3 Å². The number of allylic oxidation sites excluding steroid dienone is 1. The molecule has 0 saturated heterocycles. The van der Waals surface area contributed by atoms with Crippen LogP contribution in [0.2, 0.25) is 0 Å². The second-order valence-electron chi connectivity index (χ2n) is 17.5. The lowest BCUT2D eigenvalue weighted by molar-refractivity contribution is 0.660. The van der Waals surface area contributed by atoms with Crippen LogP contribution in [0.15, 0.2) is 212 Å². The fraction of sp³-hybridized carbons (Fsp3) is 0.0833. The first kappa shape index (κ1) is 36.3. The van der Waals surface area contributed by atoms with Gasteiger partial charge in [-0.2, -0.15) is 0 Å². The molecule has 2 atom stereocenters. The van der Waals surface area contributed by atoms with Crippen molar-refractivity contribution in [2.75, 3.05) is 4.90 Å². The molecule has 0 saturated carbocycles. The number of benzene rings is 8. The van der Waals surface area contributed by atoms with E-state index in [1.165, 1.54) is 77.9 Å². The first-order valence-electron chi connectivity index (χ1n) is 21.8. The Hall–Kier alpha value is -7.55. The van der Waals surface area contributed by atoms with Crippen molar-refractivity contribution in [1.82, 2.24) is 4.98 Å². The fourth-order valence-electron chi connectivity index (χ4n) is 10.7. The molecule has 3 aliphatic rings. The van der Waals surface area contributed by atoms with Crippen molar-refractivity contribution < 1.29 is 0 Å². The van der Waals surface area contributed by atoms with E-state index in [4.69, 9.17) is 0 Å². The summed E-state index contributed by atoms with van der Waals surface area (Å²) in [6.45, 7) is 4.70. The van der Waals surface area contributed by atoms with Gasteiger partial charge in [0, 0.05) is 46.1 Å². The molecular formula is C60H44N2. The summed E-state index contributed by atoms with van der Waals surface area (Å²) in [5, 5.41) is 0. The first-order valence-corrected chi connectivity index (χ1v) is 21.8. The Morgan fingerprint density at radius 1 is 0.452 bits per heavy atom. The van der Waals surface area contributed by atoms with Crippen molar-refractivity contribution in [2.24, 2.45) is 0 Å². The van der Waals surface area contributed by atoms with Gasteiger partial charge in [0.1, 0.15) is 0 Å². The van der Waals surface area contributed by atoms with E-state index in [1.807, 2.05) is 18.3 Å². The van der Waals surface area contributed by atoms with Crippen LogP contribution >= 0.6 is 0 Å². The summed E-state index contributed by atoms with van der Waals surface area (Å²) in [6, 6.07) is 73.8. The van der Waals surface area contributed by atoms with Crippen molar-refractivity contribution in [2.45, 2.75) is 31.1 Å². The minimum absolute atomic E-state index is 0.106. The van der Waals surface area contributed by atoms with Crippen molar-refractivity contribution in [3.05, 3.63) is 257 Å². The maximum absolute atomic E-state index is 4.62. The van der Waals surface area contributed by atoms with Crippen LogP contribution in [-0.2, 0) is 5.41 Å². The molecule has 9 aromatic rings. The van der Waals surface area contributed by atoms with Gasteiger partial charge in [0.05, 0.1) is 5.69 Å². The fourth-order valence-corrected chi connectivity index (χ4v) is 10.7. The standard InChI is InChI=1S/C60H44N2/c1-60(2)54-18-10-9-17-49(54)50-35-31-47(38-55(50)60)62(46-29-22-41(23-30-46)56-19-11-12-36-61-56)45-27-20-39(21-28-45)44-26-34-51-53(37-44)52-33-25-43-24-32-48(40-13-5-3-6-14-40)57(43)59(52)58(51)42-15-7-4-8-16-42/h3-38,48,58H,1-2H3. The normalized spacial score (nSPS) is 16.0. The minimum atomic E-state index is -0.106. The van der Waals surface area contributed by atoms with Crippen LogP contribution in [0.3, 0.4) is 0 Å². The SMILES string of the molecule is CC1(C)c2ccccc2-c2ccc(N(c3ccc(-c4ccc5c(c4)-c4ccc6c(c4C5c4ccccc4)C(c4ccccc4)C=C6)cc3)c3ccc(-c4ccccn4)cc3)cc21. The molecular weight excluding hydrogens is 749 g/mol. The number of anilines is 3. The highest BCUT2D eigenvalue weighted by molar-refractivity contribution is 5.90. The lowest BCUT2D eigenvalue weighted by Gasteiger charge is -2.28. The smallest absolute Gasteiger partial charge is 0.0701 e. The Bertz CT molecular complexity index is 3180. The van der Waals surface area contributed by atoms with E-state index < -0.39 is 0 Å². The average Bonchev–Trinajstić information content (AvgIpc) is 3.98. The Balaban J connectivity index is 0.948. The number of hydrogen-bond donors (Lipinski definition) is 0. The largest absolute Gasteiger partial charge is 0.310 e. The molecule has 2 unspecified atom stereocenters. The molecule has 0 bridgehead atoms. The topological polar surface area (TPSA) is 16.1 Å². The summed E-state index contributed by atoms with van der Waals surface area (Å²) in [7, 11) is 0. The monoisotopic (exact) mass is 792 g/mol. The van der Waals surface area contributed by atoms with Crippen molar-refractivity contribution in [1.29, 1.82) is 0 Å². The highest BCUT2D eigenvalue weighted by Crippen LogP contribution is 2.55. The molecule has 294 valence electrons. The van der Waals surface area contributed by atoms with E-state index in [0.717, 1.165) is 28.3 Å². The highest BCUT2D eigenvalue weighted by atomic mass is 15.1. The van der Waals surface area contributed by atoms with Gasteiger partial charge in [-0.25, -0.2) is 0 Å². The maximum Gasteiger partial charge on any atom is 0.0701 e. The zero-order chi connectivity index (χ0) is 41.4. The van der Waals surface area contributed by atoms with Crippen LogP contribution in [0.25, 0.3) is 50.7 Å². The summed E-state index contributed by atoms with van der Waals surface area (Å²) >= 11 is 0. The van der Waals surface area contributed by atoms with Crippen molar-refractivity contribution in [3.8, 4) is 44.6 Å². The van der Waals surface area contributed by atoms with Gasteiger partial charge in [-0.1, -0.05) is 172 Å². The Labute approximate surface area is 364 Å². The van der Waals surface area contributed by atoms with Crippen LogP contribution in [0.4, 0.5) is 17.1 Å². The molecule has 1 aromatic heterocycles. The Kier molecular flexibility index (Phi) is 8.37. The van der Waals surface area contributed by atoms with Crippen molar-refractivity contribution in [3.63, 3.8) is 0 Å². The number of pyridine rings is 1. The molecule has 1 heterocycles. The van der Waals surface area contributed by atoms with E-state index in [1.54, 1.807) is 0 Å². The van der Waals surface area contributed by atoms with Gasteiger partial charge in [-0.3, -0.25) is 4.98 Å². The van der Waals surface area contributed by atoms with E-state index in [2.05, 4.69) is 224 Å². The molecule has 62 heavy (non-hydrogen) atoms. The summed E-state index contributed by atoms with van der Waals surface area (Å²) < 4.78 is 0. The van der Waals surface area contributed by atoms with E-state index in [0.29, 0.717) is 0 Å². The Morgan fingerprint density at radius 3 is 1.82 bits per heavy atom. The maximum atomic E-state index is 4.62. The van der Waals surface area contributed by atoms with Crippen LogP contribution in [-0.4, -0.2) is 4.98 Å². The quantitative estimate of drug-likeness (QED) is 0.160. The predicted octanol–water partition coefficient (Wildman–Crippen LogP) is 15.5. The molecule has 0 spiro atoms. The molecule has 0 N–H and O–H groups in total. The van der Waals surface area contributed by atoms with Gasteiger partial charge in [0.25, 0.3) is 0 Å². The van der Waals surface area contributed by atoms with Gasteiger partial charge >= 0.3 is 0 Å². The molecule has 3 aliphatic carbocycles. The van der Waals surface area contributed by atoms with E-state index >= 15 is 0 Å². The molecule has 0 fully saturated rings. The van der Waals surface area contributed by atoms with Crippen LogP contribution in [0.1, 0.15) is 70.2 Å². The second-order valence-corrected chi connectivity index (χ2v) is 17.5.